The van der Waals surface area contributed by atoms with Gasteiger partial charge in [-0.05, 0) is 34.4 Å². The van der Waals surface area contributed by atoms with E-state index in [9.17, 15) is 15.0 Å². The van der Waals surface area contributed by atoms with Gasteiger partial charge >= 0.3 is 5.97 Å². The van der Waals surface area contributed by atoms with E-state index in [1.807, 2.05) is 42.0 Å². The largest absolute Gasteiger partial charge is 0.481 e. The molecule has 0 spiro atoms. The number of carboxylic acid groups (broad SMARTS) is 1. The summed E-state index contributed by atoms with van der Waals surface area (Å²) in [6.07, 6.45) is 9.84. The second-order valence-corrected chi connectivity index (χ2v) is 5.95. The molecule has 0 aromatic carbocycles. The summed E-state index contributed by atoms with van der Waals surface area (Å²) in [6, 6.07) is 1.96. The molecule has 0 fully saturated rings. The first kappa shape index (κ1) is 14.8. The fourth-order valence-corrected chi connectivity index (χ4v) is 3.08. The summed E-state index contributed by atoms with van der Waals surface area (Å²) in [4.78, 5) is 11.4. The molecule has 3 nitrogen and oxygen atoms in total. The molecule has 0 saturated heterocycles. The Balaban J connectivity index is 2.21. The Morgan fingerprint density at radius 1 is 1.50 bits per heavy atom. The van der Waals surface area contributed by atoms with E-state index in [0.29, 0.717) is 6.42 Å². The predicted octanol–water partition coefficient (Wildman–Crippen LogP) is 3.35. The molecular weight excluding hydrogens is 272 g/mol. The fourth-order valence-electron chi connectivity index (χ4n) is 2.40. The Hall–Kier alpha value is -1.65. The van der Waals surface area contributed by atoms with Crippen LogP contribution in [0.4, 0.5) is 0 Å². The predicted molar refractivity (Wildman–Crippen MR) is 81.5 cm³/mol. The summed E-state index contributed by atoms with van der Waals surface area (Å²) in [5.41, 5.74) is 1.39. The fraction of sp³-hybridized carbons (Fsp3) is 0.312. The van der Waals surface area contributed by atoms with Gasteiger partial charge in [0.05, 0.1) is 12.5 Å². The topological polar surface area (TPSA) is 57.5 Å². The number of aliphatic carboxylic acids is 1. The van der Waals surface area contributed by atoms with E-state index < -0.39 is 17.3 Å². The highest BCUT2D eigenvalue weighted by atomic mass is 32.1. The molecule has 2 atom stereocenters. The van der Waals surface area contributed by atoms with Crippen molar-refractivity contribution < 1.29 is 15.0 Å². The summed E-state index contributed by atoms with van der Waals surface area (Å²) < 4.78 is 0. The summed E-state index contributed by atoms with van der Waals surface area (Å²) >= 11 is 1.58. The monoisotopic (exact) mass is 290 g/mol. The summed E-state index contributed by atoms with van der Waals surface area (Å²) in [6.45, 7) is 1.90. The number of hydrogen-bond acceptors (Lipinski definition) is 3. The maximum Gasteiger partial charge on any atom is 0.311 e. The van der Waals surface area contributed by atoms with Crippen molar-refractivity contribution in [3.8, 4) is 0 Å². The van der Waals surface area contributed by atoms with Crippen LogP contribution < -0.4 is 0 Å². The van der Waals surface area contributed by atoms with Crippen molar-refractivity contribution >= 4 is 22.9 Å². The molecule has 0 aliphatic heterocycles. The first-order chi connectivity index (χ1) is 9.57. The van der Waals surface area contributed by atoms with E-state index >= 15 is 0 Å². The van der Waals surface area contributed by atoms with Gasteiger partial charge in [0.25, 0.3) is 0 Å². The number of carboxylic acids is 1. The second-order valence-electron chi connectivity index (χ2n) is 5.17. The molecule has 2 unspecified atom stereocenters. The molecule has 106 valence electrons. The lowest BCUT2D eigenvalue weighted by Gasteiger charge is -2.31. The SMILES string of the molecule is CC1(C/C=C(\CO)c2ccsc2)C=CC=CC1C(=O)O. The molecule has 20 heavy (non-hydrogen) atoms. The molecule has 0 amide bonds. The summed E-state index contributed by atoms with van der Waals surface area (Å²) in [5, 5.41) is 22.7. The van der Waals surface area contributed by atoms with Crippen LogP contribution >= 0.6 is 11.3 Å². The lowest BCUT2D eigenvalue weighted by molar-refractivity contribution is -0.142. The average molecular weight is 290 g/mol. The zero-order chi connectivity index (χ0) is 14.6. The number of aliphatic hydroxyl groups is 1. The highest BCUT2D eigenvalue weighted by Gasteiger charge is 2.35. The van der Waals surface area contributed by atoms with E-state index in [-0.39, 0.29) is 6.61 Å². The van der Waals surface area contributed by atoms with Crippen LogP contribution in [-0.2, 0) is 4.79 Å². The van der Waals surface area contributed by atoms with Gasteiger partial charge in [0.1, 0.15) is 0 Å². The van der Waals surface area contributed by atoms with Gasteiger partial charge in [-0.25, -0.2) is 0 Å². The van der Waals surface area contributed by atoms with Gasteiger partial charge in [-0.2, -0.15) is 11.3 Å². The van der Waals surface area contributed by atoms with E-state index in [1.165, 1.54) is 0 Å². The molecular formula is C16H18O3S. The summed E-state index contributed by atoms with van der Waals surface area (Å²) in [5.74, 6) is -1.35. The number of aliphatic hydroxyl groups excluding tert-OH is 1. The molecule has 1 aliphatic rings. The van der Waals surface area contributed by atoms with Crippen molar-refractivity contribution in [1.82, 2.24) is 0 Å². The van der Waals surface area contributed by atoms with Crippen molar-refractivity contribution in [3.05, 3.63) is 52.8 Å². The molecule has 0 bridgehead atoms. The minimum Gasteiger partial charge on any atom is -0.481 e. The maximum atomic E-state index is 11.4. The van der Waals surface area contributed by atoms with Crippen molar-refractivity contribution in [2.45, 2.75) is 13.3 Å². The van der Waals surface area contributed by atoms with Crippen LogP contribution in [0.3, 0.4) is 0 Å². The van der Waals surface area contributed by atoms with Crippen LogP contribution in [0.2, 0.25) is 0 Å². The van der Waals surface area contributed by atoms with Crippen molar-refractivity contribution in [2.24, 2.45) is 11.3 Å². The molecule has 4 heteroatoms. The molecule has 0 radical (unpaired) electrons. The lowest BCUT2D eigenvalue weighted by atomic mass is 9.71. The number of allylic oxidation sites excluding steroid dienone is 4. The molecule has 1 aliphatic carbocycles. The Labute approximate surface area is 122 Å². The Bertz CT molecular complexity index is 554. The average Bonchev–Trinajstić information content (AvgIpc) is 2.93. The standard InChI is InChI=1S/C16H18O3S/c1-16(7-3-2-4-14(16)15(18)19)8-5-12(10-17)13-6-9-20-11-13/h2-7,9,11,14,17H,8,10H2,1H3,(H,18,19)/b12-5+. The Morgan fingerprint density at radius 3 is 2.90 bits per heavy atom. The van der Waals surface area contributed by atoms with E-state index in [0.717, 1.165) is 11.1 Å². The molecule has 2 rings (SSSR count). The molecule has 1 aromatic heterocycles. The van der Waals surface area contributed by atoms with E-state index in [2.05, 4.69) is 0 Å². The third kappa shape index (κ3) is 3.08. The van der Waals surface area contributed by atoms with Crippen molar-refractivity contribution in [3.63, 3.8) is 0 Å². The minimum atomic E-state index is -0.817. The second kappa shape index (κ2) is 6.20. The van der Waals surface area contributed by atoms with Gasteiger partial charge in [0, 0.05) is 5.41 Å². The van der Waals surface area contributed by atoms with Gasteiger partial charge in [-0.3, -0.25) is 4.79 Å². The molecule has 1 aromatic rings. The van der Waals surface area contributed by atoms with Gasteiger partial charge in [0.15, 0.2) is 0 Å². The first-order valence-corrected chi connectivity index (χ1v) is 7.42. The van der Waals surface area contributed by atoms with Crippen LogP contribution in [0.15, 0.2) is 47.2 Å². The number of carbonyl (C=O) groups is 1. The van der Waals surface area contributed by atoms with Crippen molar-refractivity contribution in [1.29, 1.82) is 0 Å². The zero-order valence-corrected chi connectivity index (χ0v) is 12.1. The first-order valence-electron chi connectivity index (χ1n) is 6.48. The van der Waals surface area contributed by atoms with E-state index in [4.69, 9.17) is 0 Å². The van der Waals surface area contributed by atoms with Crippen molar-refractivity contribution in [2.75, 3.05) is 6.61 Å². The smallest absolute Gasteiger partial charge is 0.311 e. The number of rotatable bonds is 5. The molecule has 2 N–H and O–H groups in total. The number of hydrogen-bond donors (Lipinski definition) is 2. The summed E-state index contributed by atoms with van der Waals surface area (Å²) in [7, 11) is 0. The highest BCUT2D eigenvalue weighted by Crippen LogP contribution is 2.38. The van der Waals surface area contributed by atoms with Gasteiger partial charge in [-0.15, -0.1) is 0 Å². The van der Waals surface area contributed by atoms with Gasteiger partial charge in [0.2, 0.25) is 0 Å². The molecule has 1 heterocycles. The van der Waals surface area contributed by atoms with Crippen LogP contribution in [-0.4, -0.2) is 22.8 Å². The third-order valence-electron chi connectivity index (χ3n) is 3.72. The molecule has 0 saturated carbocycles. The third-order valence-corrected chi connectivity index (χ3v) is 4.40. The lowest BCUT2D eigenvalue weighted by Crippen LogP contribution is -2.31. The van der Waals surface area contributed by atoms with Gasteiger partial charge in [-0.1, -0.05) is 37.3 Å². The maximum absolute atomic E-state index is 11.4. The van der Waals surface area contributed by atoms with E-state index in [1.54, 1.807) is 23.5 Å². The zero-order valence-electron chi connectivity index (χ0n) is 11.3. The van der Waals surface area contributed by atoms with Crippen LogP contribution in [0, 0.1) is 11.3 Å². The normalized spacial score (nSPS) is 25.9. The highest BCUT2D eigenvalue weighted by molar-refractivity contribution is 7.08. The quantitative estimate of drug-likeness (QED) is 0.874. The number of thiophene rings is 1. The van der Waals surface area contributed by atoms with Crippen LogP contribution in [0.25, 0.3) is 5.57 Å². The van der Waals surface area contributed by atoms with Crippen LogP contribution in [0.5, 0.6) is 0 Å². The Kier molecular flexibility index (Phi) is 4.57. The van der Waals surface area contributed by atoms with Crippen LogP contribution in [0.1, 0.15) is 18.9 Å². The van der Waals surface area contributed by atoms with Gasteiger partial charge < -0.3 is 10.2 Å². The minimum absolute atomic E-state index is 0.0376. The Morgan fingerprint density at radius 2 is 2.30 bits per heavy atom.